The van der Waals surface area contributed by atoms with Crippen LogP contribution in [0.2, 0.25) is 0 Å². The van der Waals surface area contributed by atoms with Crippen LogP contribution in [-0.2, 0) is 5.41 Å². The van der Waals surface area contributed by atoms with Gasteiger partial charge in [0.2, 0.25) is 0 Å². The van der Waals surface area contributed by atoms with Crippen LogP contribution in [0.25, 0.3) is 0 Å². The summed E-state index contributed by atoms with van der Waals surface area (Å²) in [6, 6.07) is 6.11. The smallest absolute Gasteiger partial charge is 0.0834 e. The summed E-state index contributed by atoms with van der Waals surface area (Å²) < 4.78 is 0. The van der Waals surface area contributed by atoms with Gasteiger partial charge in [-0.2, -0.15) is 0 Å². The fourth-order valence-electron chi connectivity index (χ4n) is 1.74. The van der Waals surface area contributed by atoms with Gasteiger partial charge in [-0.3, -0.25) is 0 Å². The van der Waals surface area contributed by atoms with Crippen LogP contribution >= 0.6 is 12.2 Å². The lowest BCUT2D eigenvalue weighted by Crippen LogP contribution is -2.26. The van der Waals surface area contributed by atoms with Crippen molar-refractivity contribution in [3.05, 3.63) is 29.3 Å². The Labute approximate surface area is 89.3 Å². The van der Waals surface area contributed by atoms with Crippen LogP contribution in [0, 0.1) is 6.92 Å². The average molecular weight is 206 g/mol. The minimum atomic E-state index is -0.0445. The van der Waals surface area contributed by atoms with Gasteiger partial charge in [-0.05, 0) is 37.0 Å². The van der Waals surface area contributed by atoms with E-state index in [1.807, 2.05) is 19.1 Å². The van der Waals surface area contributed by atoms with Gasteiger partial charge in [0, 0.05) is 11.1 Å². The van der Waals surface area contributed by atoms with E-state index in [4.69, 9.17) is 23.7 Å². The van der Waals surface area contributed by atoms with Gasteiger partial charge in [-0.1, -0.05) is 24.4 Å². The molecule has 1 aromatic carbocycles. The Hall–Kier alpha value is -1.09. The molecule has 0 saturated heterocycles. The van der Waals surface area contributed by atoms with Gasteiger partial charge < -0.3 is 11.5 Å². The lowest BCUT2D eigenvalue weighted by Gasteiger charge is -2.15. The molecule has 0 spiro atoms. The van der Waals surface area contributed by atoms with E-state index in [2.05, 4.69) is 6.07 Å². The second-order valence-corrected chi connectivity index (χ2v) is 4.46. The molecule has 1 fully saturated rings. The zero-order valence-electron chi connectivity index (χ0n) is 8.21. The molecule has 0 radical (unpaired) electrons. The molecular formula is C11H14N2S. The van der Waals surface area contributed by atoms with Gasteiger partial charge in [0.05, 0.1) is 4.99 Å². The molecule has 0 bridgehead atoms. The number of thiocarbonyl (C=S) groups is 1. The highest BCUT2D eigenvalue weighted by Gasteiger charge is 2.47. The molecule has 2 rings (SSSR count). The van der Waals surface area contributed by atoms with Gasteiger partial charge in [-0.25, -0.2) is 0 Å². The zero-order chi connectivity index (χ0) is 10.3. The topological polar surface area (TPSA) is 52.0 Å². The van der Waals surface area contributed by atoms with Crippen molar-refractivity contribution in [3.8, 4) is 0 Å². The Morgan fingerprint density at radius 2 is 2.07 bits per heavy atom. The first-order valence-electron chi connectivity index (χ1n) is 4.73. The summed E-state index contributed by atoms with van der Waals surface area (Å²) in [4.78, 5) is 0.598. The molecule has 0 unspecified atom stereocenters. The van der Waals surface area contributed by atoms with Gasteiger partial charge in [0.25, 0.3) is 0 Å². The highest BCUT2D eigenvalue weighted by molar-refractivity contribution is 7.80. The highest BCUT2D eigenvalue weighted by Crippen LogP contribution is 2.48. The van der Waals surface area contributed by atoms with Crippen molar-refractivity contribution in [1.82, 2.24) is 0 Å². The summed E-state index contributed by atoms with van der Waals surface area (Å²) >= 11 is 5.09. The number of hydrogen-bond donors (Lipinski definition) is 2. The Bertz CT molecular complexity index is 394. The molecular weight excluding hydrogens is 192 g/mol. The summed E-state index contributed by atoms with van der Waals surface area (Å²) in [6.45, 7) is 2.00. The molecule has 0 aromatic heterocycles. The van der Waals surface area contributed by atoms with Crippen molar-refractivity contribution >= 4 is 22.9 Å². The van der Waals surface area contributed by atoms with E-state index in [0.717, 1.165) is 24.1 Å². The summed E-state index contributed by atoms with van der Waals surface area (Å²) in [5.74, 6) is 0. The number of aryl methyl sites for hydroxylation is 1. The molecule has 3 heteroatoms. The van der Waals surface area contributed by atoms with Gasteiger partial charge in [-0.15, -0.1) is 0 Å². The monoisotopic (exact) mass is 206 g/mol. The first kappa shape index (κ1) is 9.46. The van der Waals surface area contributed by atoms with E-state index < -0.39 is 0 Å². The van der Waals surface area contributed by atoms with Crippen LogP contribution < -0.4 is 11.5 Å². The van der Waals surface area contributed by atoms with Crippen molar-refractivity contribution in [2.75, 3.05) is 5.73 Å². The lowest BCUT2D eigenvalue weighted by atomic mass is 9.94. The third-order valence-corrected chi connectivity index (χ3v) is 3.44. The van der Waals surface area contributed by atoms with Crippen molar-refractivity contribution in [2.45, 2.75) is 25.2 Å². The van der Waals surface area contributed by atoms with E-state index >= 15 is 0 Å². The molecule has 1 aliphatic rings. The first-order valence-corrected chi connectivity index (χ1v) is 5.13. The summed E-state index contributed by atoms with van der Waals surface area (Å²) in [5.41, 5.74) is 14.7. The molecule has 1 aliphatic carbocycles. The molecule has 0 heterocycles. The second kappa shape index (κ2) is 2.95. The number of rotatable bonds is 2. The Kier molecular flexibility index (Phi) is 2.00. The van der Waals surface area contributed by atoms with Crippen LogP contribution in [0.1, 0.15) is 24.0 Å². The summed E-state index contributed by atoms with van der Waals surface area (Å²) in [6.07, 6.45) is 2.12. The van der Waals surface area contributed by atoms with Crippen LogP contribution in [0.15, 0.2) is 18.2 Å². The number of nitrogen functional groups attached to an aromatic ring is 1. The van der Waals surface area contributed by atoms with Gasteiger partial charge >= 0.3 is 0 Å². The van der Waals surface area contributed by atoms with Gasteiger partial charge in [0.15, 0.2) is 0 Å². The Morgan fingerprint density at radius 1 is 1.43 bits per heavy atom. The predicted molar refractivity (Wildman–Crippen MR) is 63.3 cm³/mol. The molecule has 2 nitrogen and oxygen atoms in total. The molecule has 1 saturated carbocycles. The number of benzene rings is 1. The molecule has 0 aliphatic heterocycles. The summed E-state index contributed by atoms with van der Waals surface area (Å²) in [5, 5.41) is 0. The quantitative estimate of drug-likeness (QED) is 0.574. The lowest BCUT2D eigenvalue weighted by molar-refractivity contribution is 0.954. The van der Waals surface area contributed by atoms with E-state index in [9.17, 15) is 0 Å². The summed E-state index contributed by atoms with van der Waals surface area (Å²) in [7, 11) is 0. The molecule has 0 amide bonds. The maximum absolute atomic E-state index is 5.86. The number of nitrogens with two attached hydrogens (primary N) is 2. The molecule has 1 aromatic rings. The largest absolute Gasteiger partial charge is 0.399 e. The average Bonchev–Trinajstić information content (AvgIpc) is 2.90. The maximum atomic E-state index is 5.86. The van der Waals surface area contributed by atoms with Crippen LogP contribution in [0.3, 0.4) is 0 Å². The normalized spacial score (nSPS) is 17.8. The minimum absolute atomic E-state index is 0.0445. The Morgan fingerprint density at radius 3 is 2.50 bits per heavy atom. The van der Waals surface area contributed by atoms with Gasteiger partial charge in [0.1, 0.15) is 0 Å². The Balaban J connectivity index is 2.43. The van der Waals surface area contributed by atoms with Crippen LogP contribution in [0.4, 0.5) is 5.69 Å². The van der Waals surface area contributed by atoms with Crippen molar-refractivity contribution in [2.24, 2.45) is 5.73 Å². The van der Waals surface area contributed by atoms with Crippen LogP contribution in [-0.4, -0.2) is 4.99 Å². The highest BCUT2D eigenvalue weighted by atomic mass is 32.1. The maximum Gasteiger partial charge on any atom is 0.0834 e. The fourth-order valence-corrected chi connectivity index (χ4v) is 2.06. The van der Waals surface area contributed by atoms with E-state index in [0.29, 0.717) is 4.99 Å². The molecule has 74 valence electrons. The van der Waals surface area contributed by atoms with Crippen molar-refractivity contribution in [3.63, 3.8) is 0 Å². The number of hydrogen-bond acceptors (Lipinski definition) is 2. The zero-order valence-corrected chi connectivity index (χ0v) is 9.03. The third-order valence-electron chi connectivity index (χ3n) is 3.05. The van der Waals surface area contributed by atoms with Crippen LogP contribution in [0.5, 0.6) is 0 Å². The minimum Gasteiger partial charge on any atom is -0.399 e. The number of anilines is 1. The molecule has 0 atom stereocenters. The van der Waals surface area contributed by atoms with Crippen molar-refractivity contribution in [1.29, 1.82) is 0 Å². The van der Waals surface area contributed by atoms with Crippen molar-refractivity contribution < 1.29 is 0 Å². The second-order valence-electron chi connectivity index (χ2n) is 4.02. The molecule has 14 heavy (non-hydrogen) atoms. The predicted octanol–water partition coefficient (Wildman–Crippen LogP) is 1.89. The van der Waals surface area contributed by atoms with E-state index in [1.54, 1.807) is 0 Å². The van der Waals surface area contributed by atoms with E-state index in [-0.39, 0.29) is 5.41 Å². The van der Waals surface area contributed by atoms with E-state index in [1.165, 1.54) is 5.56 Å². The standard InChI is InChI=1S/C11H14N2S/c1-7-2-3-8(6-9(7)12)11(4-5-11)10(13)14/h2-3,6H,4-5,12H2,1H3,(H2,13,14). The third kappa shape index (κ3) is 1.28. The first-order chi connectivity index (χ1) is 6.56. The SMILES string of the molecule is Cc1ccc(C2(C(N)=S)CC2)cc1N. The molecule has 4 N–H and O–H groups in total. The fraction of sp³-hybridized carbons (Fsp3) is 0.364.